The monoisotopic (exact) mass is 489 g/mol. The van der Waals surface area contributed by atoms with Crippen molar-refractivity contribution in [2.24, 2.45) is 0 Å². The number of fused-ring (bicyclic) bond motifs is 2. The second-order valence-electron chi connectivity index (χ2n) is 9.66. The molecule has 8 nitrogen and oxygen atoms in total. The minimum Gasteiger partial charge on any atom is -0.464 e. The molecule has 0 radical (unpaired) electrons. The largest absolute Gasteiger partial charge is 0.464 e. The van der Waals surface area contributed by atoms with Crippen molar-refractivity contribution in [1.82, 2.24) is 15.1 Å². The van der Waals surface area contributed by atoms with Gasteiger partial charge in [0.1, 0.15) is 17.4 Å². The lowest BCUT2D eigenvalue weighted by Gasteiger charge is -2.33. The zero-order valence-electron chi connectivity index (χ0n) is 19.5. The standard InChI is InChI=1S/C27H24FN3O5/c28-18-12-19(21-14-31(27(35)20(21)13-18)22-3-4-24(32)29-25(22)33)15-5-8-30(9-6-15)26(34)17-2-1-16-7-10-36-23(16)11-17/h1-2,7,10-13,15,22H,3-6,8-9,14H2,(H,29,32,33). The Balaban J connectivity index is 1.19. The molecule has 3 aliphatic heterocycles. The van der Waals surface area contributed by atoms with Gasteiger partial charge in [0.25, 0.3) is 11.8 Å². The summed E-state index contributed by atoms with van der Waals surface area (Å²) in [5.41, 5.74) is 3.00. The molecule has 1 aromatic heterocycles. The van der Waals surface area contributed by atoms with Gasteiger partial charge in [-0.15, -0.1) is 0 Å². The highest BCUT2D eigenvalue weighted by Gasteiger charge is 2.41. The molecule has 36 heavy (non-hydrogen) atoms. The van der Waals surface area contributed by atoms with Crippen molar-refractivity contribution in [3.63, 3.8) is 0 Å². The smallest absolute Gasteiger partial charge is 0.255 e. The molecule has 6 rings (SSSR count). The minimum absolute atomic E-state index is 0.0134. The minimum atomic E-state index is -0.746. The lowest BCUT2D eigenvalue weighted by molar-refractivity contribution is -0.136. The Bertz CT molecular complexity index is 1420. The fourth-order valence-electron chi connectivity index (χ4n) is 5.68. The number of amides is 4. The highest BCUT2D eigenvalue weighted by molar-refractivity contribution is 6.05. The molecule has 3 aromatic rings. The van der Waals surface area contributed by atoms with Gasteiger partial charge in [0.2, 0.25) is 11.8 Å². The first-order valence-electron chi connectivity index (χ1n) is 12.1. The van der Waals surface area contributed by atoms with Crippen LogP contribution in [0, 0.1) is 5.82 Å². The van der Waals surface area contributed by atoms with E-state index in [1.807, 2.05) is 12.1 Å². The molecule has 2 saturated heterocycles. The van der Waals surface area contributed by atoms with E-state index in [9.17, 15) is 23.6 Å². The SMILES string of the molecule is O=C1CCC(N2Cc3c(cc(F)cc3C3CCN(C(=O)c4ccc5ccoc5c4)CC3)C2=O)C(=O)N1. The van der Waals surface area contributed by atoms with Gasteiger partial charge in [-0.2, -0.15) is 0 Å². The van der Waals surface area contributed by atoms with Gasteiger partial charge in [-0.3, -0.25) is 24.5 Å². The molecule has 9 heteroatoms. The van der Waals surface area contributed by atoms with Crippen molar-refractivity contribution in [3.8, 4) is 0 Å². The molecule has 1 atom stereocenters. The Labute approximate surface area is 206 Å². The van der Waals surface area contributed by atoms with Crippen LogP contribution in [0.15, 0.2) is 47.1 Å². The second-order valence-corrected chi connectivity index (χ2v) is 9.66. The number of rotatable bonds is 3. The summed E-state index contributed by atoms with van der Waals surface area (Å²) >= 11 is 0. The summed E-state index contributed by atoms with van der Waals surface area (Å²) < 4.78 is 20.0. The van der Waals surface area contributed by atoms with Gasteiger partial charge in [-0.1, -0.05) is 6.07 Å². The van der Waals surface area contributed by atoms with Gasteiger partial charge in [-0.25, -0.2) is 4.39 Å². The van der Waals surface area contributed by atoms with E-state index in [-0.39, 0.29) is 48.6 Å². The Morgan fingerprint density at radius 2 is 1.83 bits per heavy atom. The molecule has 3 aliphatic rings. The summed E-state index contributed by atoms with van der Waals surface area (Å²) in [5, 5.41) is 3.23. The summed E-state index contributed by atoms with van der Waals surface area (Å²) in [6.07, 6.45) is 3.28. The number of carbonyl (C=O) groups is 4. The van der Waals surface area contributed by atoms with E-state index >= 15 is 0 Å². The fourth-order valence-corrected chi connectivity index (χ4v) is 5.68. The van der Waals surface area contributed by atoms with Gasteiger partial charge in [-0.05, 0) is 66.6 Å². The van der Waals surface area contributed by atoms with Crippen LogP contribution < -0.4 is 5.32 Å². The predicted octanol–water partition coefficient (Wildman–Crippen LogP) is 3.35. The highest BCUT2D eigenvalue weighted by Crippen LogP contribution is 2.38. The zero-order chi connectivity index (χ0) is 25.0. The third kappa shape index (κ3) is 3.75. The molecule has 1 unspecified atom stereocenters. The number of piperidine rings is 2. The Morgan fingerprint density at radius 3 is 2.61 bits per heavy atom. The molecule has 4 amide bonds. The topological polar surface area (TPSA) is 99.9 Å². The van der Waals surface area contributed by atoms with Crippen LogP contribution in [0.1, 0.15) is 63.4 Å². The first kappa shape index (κ1) is 22.5. The third-order valence-corrected chi connectivity index (χ3v) is 7.58. The van der Waals surface area contributed by atoms with Gasteiger partial charge < -0.3 is 14.2 Å². The van der Waals surface area contributed by atoms with E-state index in [0.717, 1.165) is 16.5 Å². The van der Waals surface area contributed by atoms with Crippen molar-refractivity contribution in [3.05, 3.63) is 70.7 Å². The van der Waals surface area contributed by atoms with Crippen molar-refractivity contribution < 1.29 is 28.0 Å². The number of carbonyl (C=O) groups excluding carboxylic acids is 4. The highest BCUT2D eigenvalue weighted by atomic mass is 19.1. The summed E-state index contributed by atoms with van der Waals surface area (Å²) in [7, 11) is 0. The van der Waals surface area contributed by atoms with Crippen molar-refractivity contribution in [1.29, 1.82) is 0 Å². The van der Waals surface area contributed by atoms with E-state index < -0.39 is 17.8 Å². The number of likely N-dealkylation sites (tertiary alicyclic amines) is 1. The fraction of sp³-hybridized carbons (Fsp3) is 0.333. The zero-order valence-corrected chi connectivity index (χ0v) is 19.5. The maximum absolute atomic E-state index is 14.6. The number of hydrogen-bond acceptors (Lipinski definition) is 5. The first-order chi connectivity index (χ1) is 17.4. The average molecular weight is 490 g/mol. The van der Waals surface area contributed by atoms with Crippen LogP contribution in [0.25, 0.3) is 11.0 Å². The van der Waals surface area contributed by atoms with Crippen LogP contribution in [-0.2, 0) is 16.1 Å². The maximum atomic E-state index is 14.6. The summed E-state index contributed by atoms with van der Waals surface area (Å²) in [6, 6.07) is 9.21. The molecule has 0 aliphatic carbocycles. The lowest BCUT2D eigenvalue weighted by Crippen LogP contribution is -2.52. The van der Waals surface area contributed by atoms with Gasteiger partial charge >= 0.3 is 0 Å². The van der Waals surface area contributed by atoms with E-state index in [1.165, 1.54) is 17.0 Å². The summed E-state index contributed by atoms with van der Waals surface area (Å²) in [4.78, 5) is 53.3. The molecule has 0 saturated carbocycles. The van der Waals surface area contributed by atoms with E-state index in [4.69, 9.17) is 4.42 Å². The van der Waals surface area contributed by atoms with Crippen LogP contribution in [0.2, 0.25) is 0 Å². The molecule has 2 aromatic carbocycles. The molecule has 1 N–H and O–H groups in total. The molecule has 2 fully saturated rings. The van der Waals surface area contributed by atoms with E-state index in [0.29, 0.717) is 37.1 Å². The Kier molecular flexibility index (Phi) is 5.35. The average Bonchev–Trinajstić information content (AvgIpc) is 3.47. The number of benzene rings is 2. The molecular weight excluding hydrogens is 465 g/mol. The number of nitrogens with one attached hydrogen (secondary N) is 1. The van der Waals surface area contributed by atoms with E-state index in [1.54, 1.807) is 23.3 Å². The van der Waals surface area contributed by atoms with E-state index in [2.05, 4.69) is 5.32 Å². The van der Waals surface area contributed by atoms with Crippen LogP contribution in [0.4, 0.5) is 4.39 Å². The van der Waals surface area contributed by atoms with Crippen molar-refractivity contribution >= 4 is 34.6 Å². The van der Waals surface area contributed by atoms with Crippen molar-refractivity contribution in [2.75, 3.05) is 13.1 Å². The Hall–Kier alpha value is -4.01. The van der Waals surface area contributed by atoms with Crippen molar-refractivity contribution in [2.45, 2.75) is 44.2 Å². The summed E-state index contributed by atoms with van der Waals surface area (Å²) in [5.74, 6) is -1.81. The quantitative estimate of drug-likeness (QED) is 0.569. The molecule has 0 spiro atoms. The predicted molar refractivity (Wildman–Crippen MR) is 127 cm³/mol. The second kappa shape index (κ2) is 8.58. The van der Waals surface area contributed by atoms with Crippen LogP contribution in [-0.4, -0.2) is 52.6 Å². The first-order valence-corrected chi connectivity index (χ1v) is 12.1. The van der Waals surface area contributed by atoms with Crippen LogP contribution >= 0.6 is 0 Å². The summed E-state index contributed by atoms with van der Waals surface area (Å²) in [6.45, 7) is 1.23. The maximum Gasteiger partial charge on any atom is 0.255 e. The number of nitrogens with zero attached hydrogens (tertiary/aromatic N) is 2. The number of halogens is 1. The molecular formula is C27H24FN3O5. The van der Waals surface area contributed by atoms with Crippen LogP contribution in [0.3, 0.4) is 0 Å². The normalized spacial score (nSPS) is 20.7. The number of hydrogen-bond donors (Lipinski definition) is 1. The number of furan rings is 1. The van der Waals surface area contributed by atoms with Gasteiger partial charge in [0.15, 0.2) is 0 Å². The van der Waals surface area contributed by atoms with Gasteiger partial charge in [0.05, 0.1) is 6.26 Å². The Morgan fingerprint density at radius 1 is 1.03 bits per heavy atom. The third-order valence-electron chi connectivity index (χ3n) is 7.58. The molecule has 0 bridgehead atoms. The molecule has 184 valence electrons. The van der Waals surface area contributed by atoms with Gasteiger partial charge in [0, 0.05) is 42.6 Å². The lowest BCUT2D eigenvalue weighted by atomic mass is 9.85. The van der Waals surface area contributed by atoms with Crippen LogP contribution in [0.5, 0.6) is 0 Å². The number of imide groups is 1. The molecule has 4 heterocycles.